The van der Waals surface area contributed by atoms with Gasteiger partial charge in [0.2, 0.25) is 5.91 Å². The Labute approximate surface area is 227 Å². The SMILES string of the molecule is O=C(O)C1CCCCC1C(=O)N1CCc2cccc(O[C@H]3CCNC3)c2[C@H]1CN1C(=O)c2ccccc2C1=O. The number of benzene rings is 2. The minimum atomic E-state index is -0.944. The summed E-state index contributed by atoms with van der Waals surface area (Å²) in [5, 5.41) is 13.2. The number of carbonyl (C=O) groups excluding carboxylic acids is 3. The predicted octanol–water partition coefficient (Wildman–Crippen LogP) is 3.04. The van der Waals surface area contributed by atoms with Crippen molar-refractivity contribution >= 4 is 23.7 Å². The molecule has 1 saturated carbocycles. The largest absolute Gasteiger partial charge is 0.489 e. The number of nitrogens with zero attached hydrogens (tertiary/aromatic N) is 2. The number of rotatable bonds is 6. The second-order valence-corrected chi connectivity index (χ2v) is 11.0. The van der Waals surface area contributed by atoms with Crippen molar-refractivity contribution in [2.75, 3.05) is 26.2 Å². The smallest absolute Gasteiger partial charge is 0.307 e. The van der Waals surface area contributed by atoms with Crippen molar-refractivity contribution in [3.05, 3.63) is 64.7 Å². The van der Waals surface area contributed by atoms with E-state index >= 15 is 0 Å². The van der Waals surface area contributed by atoms with Crippen molar-refractivity contribution in [3.63, 3.8) is 0 Å². The second kappa shape index (κ2) is 10.4. The number of aliphatic carboxylic acids is 1. The van der Waals surface area contributed by atoms with Gasteiger partial charge in [0.25, 0.3) is 11.8 Å². The highest BCUT2D eigenvalue weighted by atomic mass is 16.5. The summed E-state index contributed by atoms with van der Waals surface area (Å²) in [5.41, 5.74) is 2.54. The van der Waals surface area contributed by atoms with Gasteiger partial charge in [-0.25, -0.2) is 0 Å². The number of nitrogens with one attached hydrogen (secondary N) is 1. The lowest BCUT2D eigenvalue weighted by molar-refractivity contribution is -0.153. The van der Waals surface area contributed by atoms with E-state index in [1.165, 1.54) is 4.90 Å². The highest BCUT2D eigenvalue weighted by molar-refractivity contribution is 6.21. The minimum Gasteiger partial charge on any atom is -0.489 e. The Bertz CT molecular complexity index is 1280. The van der Waals surface area contributed by atoms with Crippen molar-refractivity contribution in [2.45, 2.75) is 50.7 Å². The molecule has 9 nitrogen and oxygen atoms in total. The van der Waals surface area contributed by atoms with Crippen molar-refractivity contribution < 1.29 is 29.0 Å². The molecule has 2 aromatic carbocycles. The summed E-state index contributed by atoms with van der Waals surface area (Å²) < 4.78 is 6.43. The van der Waals surface area contributed by atoms with Crippen LogP contribution in [-0.4, -0.2) is 70.9 Å². The normalized spacial score (nSPS) is 26.4. The topological polar surface area (TPSA) is 116 Å². The van der Waals surface area contributed by atoms with E-state index in [0.717, 1.165) is 43.5 Å². The summed E-state index contributed by atoms with van der Waals surface area (Å²) in [6, 6.07) is 12.0. The number of carboxylic acid groups (broad SMARTS) is 1. The Morgan fingerprint density at radius 1 is 0.949 bits per heavy atom. The standard InChI is InChI=1S/C30H33N3O6/c34-27(22-9-3-4-10-23(22)30(37)38)32-15-13-18-6-5-11-25(39-19-12-14-31-16-19)26(18)24(32)17-33-28(35)20-7-1-2-8-21(20)29(33)36/h1-2,5-8,11,19,22-24,31H,3-4,9-10,12-17H2,(H,37,38)/t19-,22?,23?,24+/m0/s1. The Morgan fingerprint density at radius 3 is 2.33 bits per heavy atom. The molecule has 2 fully saturated rings. The lowest BCUT2D eigenvalue weighted by Crippen LogP contribution is -2.50. The first-order valence-electron chi connectivity index (χ1n) is 13.9. The number of ether oxygens (including phenoxy) is 1. The molecule has 4 aliphatic rings. The highest BCUT2D eigenvalue weighted by Crippen LogP contribution is 2.42. The van der Waals surface area contributed by atoms with Gasteiger partial charge >= 0.3 is 5.97 Å². The number of hydrogen-bond donors (Lipinski definition) is 2. The van der Waals surface area contributed by atoms with Crippen LogP contribution >= 0.6 is 0 Å². The number of amides is 3. The van der Waals surface area contributed by atoms with Crippen LogP contribution in [-0.2, 0) is 16.0 Å². The third-order valence-electron chi connectivity index (χ3n) is 8.71. The van der Waals surface area contributed by atoms with Crippen molar-refractivity contribution in [2.24, 2.45) is 11.8 Å². The van der Waals surface area contributed by atoms with E-state index in [0.29, 0.717) is 42.7 Å². The average molecular weight is 532 g/mol. The number of imide groups is 1. The highest BCUT2D eigenvalue weighted by Gasteiger charge is 2.45. The van der Waals surface area contributed by atoms with Gasteiger partial charge in [-0.1, -0.05) is 37.1 Å². The number of carboxylic acids is 1. The maximum Gasteiger partial charge on any atom is 0.307 e. The Kier molecular flexibility index (Phi) is 6.85. The molecule has 1 aliphatic carbocycles. The first-order valence-corrected chi connectivity index (χ1v) is 13.9. The van der Waals surface area contributed by atoms with E-state index in [4.69, 9.17) is 4.74 Å². The van der Waals surface area contributed by atoms with Crippen LogP contribution in [0.3, 0.4) is 0 Å². The first kappa shape index (κ1) is 25.6. The van der Waals surface area contributed by atoms with Crippen LogP contribution in [0.15, 0.2) is 42.5 Å². The summed E-state index contributed by atoms with van der Waals surface area (Å²) in [6.07, 6.45) is 4.01. The molecule has 0 spiro atoms. The van der Waals surface area contributed by atoms with Gasteiger partial charge in [0, 0.05) is 18.7 Å². The molecule has 4 atom stereocenters. The fraction of sp³-hybridized carbons (Fsp3) is 0.467. The van der Waals surface area contributed by atoms with Crippen LogP contribution in [0.2, 0.25) is 0 Å². The summed E-state index contributed by atoms with van der Waals surface area (Å²) in [4.78, 5) is 55.9. The van der Waals surface area contributed by atoms with Crippen LogP contribution in [0, 0.1) is 11.8 Å². The molecule has 39 heavy (non-hydrogen) atoms. The Morgan fingerprint density at radius 2 is 1.67 bits per heavy atom. The van der Waals surface area contributed by atoms with E-state index in [1.54, 1.807) is 29.2 Å². The maximum absolute atomic E-state index is 14.1. The van der Waals surface area contributed by atoms with Crippen molar-refractivity contribution in [3.8, 4) is 5.75 Å². The number of fused-ring (bicyclic) bond motifs is 2. The molecule has 0 aromatic heterocycles. The molecule has 204 valence electrons. The molecule has 9 heteroatoms. The van der Waals surface area contributed by atoms with Crippen LogP contribution in [0.4, 0.5) is 0 Å². The lowest BCUT2D eigenvalue weighted by atomic mass is 9.77. The van der Waals surface area contributed by atoms with Gasteiger partial charge in [0.15, 0.2) is 0 Å². The zero-order valence-corrected chi connectivity index (χ0v) is 21.8. The molecule has 1 saturated heterocycles. The third kappa shape index (κ3) is 4.58. The van der Waals surface area contributed by atoms with Crippen LogP contribution in [0.5, 0.6) is 5.75 Å². The third-order valence-corrected chi connectivity index (χ3v) is 8.71. The predicted molar refractivity (Wildman–Crippen MR) is 141 cm³/mol. The molecule has 0 bridgehead atoms. The van der Waals surface area contributed by atoms with Gasteiger partial charge in [-0.05, 0) is 56.0 Å². The van der Waals surface area contributed by atoms with E-state index in [2.05, 4.69) is 5.32 Å². The quantitative estimate of drug-likeness (QED) is 0.551. The van der Waals surface area contributed by atoms with Crippen molar-refractivity contribution in [1.29, 1.82) is 0 Å². The second-order valence-electron chi connectivity index (χ2n) is 11.0. The van der Waals surface area contributed by atoms with Gasteiger partial charge in [-0.3, -0.25) is 24.1 Å². The van der Waals surface area contributed by atoms with E-state index in [9.17, 15) is 24.3 Å². The fourth-order valence-corrected chi connectivity index (χ4v) is 6.72. The minimum absolute atomic E-state index is 0.0150. The molecule has 3 heterocycles. The summed E-state index contributed by atoms with van der Waals surface area (Å²) in [7, 11) is 0. The molecule has 6 rings (SSSR count). The monoisotopic (exact) mass is 531 g/mol. The molecule has 3 aliphatic heterocycles. The Hall–Kier alpha value is -3.72. The molecule has 2 N–H and O–H groups in total. The lowest BCUT2D eigenvalue weighted by Gasteiger charge is -2.42. The maximum atomic E-state index is 14.1. The van der Waals surface area contributed by atoms with Gasteiger partial charge in [0.1, 0.15) is 11.9 Å². The van der Waals surface area contributed by atoms with E-state index in [1.807, 2.05) is 18.2 Å². The van der Waals surface area contributed by atoms with Crippen LogP contribution < -0.4 is 10.1 Å². The summed E-state index contributed by atoms with van der Waals surface area (Å²) in [6.45, 7) is 1.95. The number of carbonyl (C=O) groups is 4. The van der Waals surface area contributed by atoms with Gasteiger partial charge in [-0.2, -0.15) is 0 Å². The van der Waals surface area contributed by atoms with Gasteiger partial charge in [0.05, 0.1) is 35.5 Å². The Balaban J connectivity index is 1.39. The van der Waals surface area contributed by atoms with Crippen LogP contribution in [0.1, 0.15) is 70.0 Å². The first-order chi connectivity index (χ1) is 18.9. The van der Waals surface area contributed by atoms with Crippen LogP contribution in [0.25, 0.3) is 0 Å². The fourth-order valence-electron chi connectivity index (χ4n) is 6.72. The zero-order valence-electron chi connectivity index (χ0n) is 21.8. The molecular weight excluding hydrogens is 498 g/mol. The average Bonchev–Trinajstić information content (AvgIpc) is 3.55. The van der Waals surface area contributed by atoms with E-state index in [-0.39, 0.29) is 30.4 Å². The molecule has 2 unspecified atom stereocenters. The van der Waals surface area contributed by atoms with Gasteiger partial charge in [-0.15, -0.1) is 0 Å². The number of hydrogen-bond acceptors (Lipinski definition) is 6. The molecule has 0 radical (unpaired) electrons. The van der Waals surface area contributed by atoms with Gasteiger partial charge < -0.3 is 20.1 Å². The molecule has 3 amide bonds. The summed E-state index contributed by atoms with van der Waals surface area (Å²) in [5.74, 6) is -2.63. The summed E-state index contributed by atoms with van der Waals surface area (Å²) >= 11 is 0. The zero-order chi connectivity index (χ0) is 27.1. The van der Waals surface area contributed by atoms with Crippen molar-refractivity contribution in [1.82, 2.24) is 15.1 Å². The van der Waals surface area contributed by atoms with E-state index < -0.39 is 23.8 Å². The molecule has 2 aromatic rings. The molecular formula is C30H33N3O6.